The second kappa shape index (κ2) is 8.75. The first-order valence-electron chi connectivity index (χ1n) is 9.41. The average Bonchev–Trinajstić information content (AvgIpc) is 3.02. The Kier molecular flexibility index (Phi) is 6.36. The van der Waals surface area contributed by atoms with Gasteiger partial charge in [-0.3, -0.25) is 9.69 Å². The Bertz CT molecular complexity index is 847. The highest BCUT2D eigenvalue weighted by atomic mass is 32.1. The van der Waals surface area contributed by atoms with Crippen LogP contribution in [0.3, 0.4) is 0 Å². The molecule has 7 heteroatoms. The molecule has 0 spiro atoms. The molecule has 3 rings (SSSR count). The van der Waals surface area contributed by atoms with E-state index in [4.69, 9.17) is 4.74 Å². The highest BCUT2D eigenvalue weighted by molar-refractivity contribution is 7.16. The minimum atomic E-state index is -0.431. The maximum absolute atomic E-state index is 12.5. The smallest absolute Gasteiger partial charge is 0.340 e. The van der Waals surface area contributed by atoms with Gasteiger partial charge in [0, 0.05) is 36.2 Å². The minimum absolute atomic E-state index is 0.108. The number of methoxy groups -OCH3 is 1. The Morgan fingerprint density at radius 2 is 1.93 bits per heavy atom. The lowest BCUT2D eigenvalue weighted by Gasteiger charge is -2.41. The number of aryl methyl sites for hydroxylation is 2. The lowest BCUT2D eigenvalue weighted by molar-refractivity contribution is -0.117. The van der Waals surface area contributed by atoms with E-state index in [-0.39, 0.29) is 5.91 Å². The summed E-state index contributed by atoms with van der Waals surface area (Å²) in [5.74, 6) is -0.539. The molecule has 1 aromatic carbocycles. The molecule has 0 saturated carbocycles. The van der Waals surface area contributed by atoms with Gasteiger partial charge in [0.05, 0.1) is 19.2 Å². The number of amides is 1. The molecule has 1 fully saturated rings. The lowest BCUT2D eigenvalue weighted by Crippen LogP contribution is -2.53. The zero-order valence-electron chi connectivity index (χ0n) is 16.8. The molecule has 1 saturated heterocycles. The predicted molar refractivity (Wildman–Crippen MR) is 113 cm³/mol. The number of benzene rings is 1. The number of ether oxygens (including phenoxy) is 1. The molecule has 1 aliphatic heterocycles. The Labute approximate surface area is 170 Å². The number of piperazine rings is 1. The SMILES string of the molecule is COC(=O)c1cc(C)sc1NC(=O)CN1CCN(c2ccc(C)cc2)C(C)C1. The van der Waals surface area contributed by atoms with Crippen molar-refractivity contribution in [3.8, 4) is 0 Å². The molecule has 2 heterocycles. The number of nitrogens with one attached hydrogen (secondary N) is 1. The molecule has 1 unspecified atom stereocenters. The zero-order valence-corrected chi connectivity index (χ0v) is 17.6. The number of hydrogen-bond donors (Lipinski definition) is 1. The first-order chi connectivity index (χ1) is 13.4. The molecule has 150 valence electrons. The van der Waals surface area contributed by atoms with E-state index < -0.39 is 5.97 Å². The van der Waals surface area contributed by atoms with Crippen LogP contribution >= 0.6 is 11.3 Å². The van der Waals surface area contributed by atoms with Crippen LogP contribution in [0, 0.1) is 13.8 Å². The van der Waals surface area contributed by atoms with Gasteiger partial charge in [0.15, 0.2) is 0 Å². The standard InChI is InChI=1S/C21H27N3O3S/c1-14-5-7-17(8-6-14)24-10-9-23(12-15(24)2)13-19(25)22-20-18(21(26)27-4)11-16(3)28-20/h5-8,11,15H,9-10,12-13H2,1-4H3,(H,22,25). The third-order valence-electron chi connectivity index (χ3n) is 4.96. The number of nitrogens with zero attached hydrogens (tertiary/aromatic N) is 2. The number of hydrogen-bond acceptors (Lipinski definition) is 6. The second-order valence-electron chi connectivity index (χ2n) is 7.25. The van der Waals surface area contributed by atoms with Crippen LogP contribution in [0.4, 0.5) is 10.7 Å². The van der Waals surface area contributed by atoms with Gasteiger partial charge in [-0.2, -0.15) is 0 Å². The molecule has 1 N–H and O–H groups in total. The maximum atomic E-state index is 12.5. The summed E-state index contributed by atoms with van der Waals surface area (Å²) in [7, 11) is 1.34. The van der Waals surface area contributed by atoms with Crippen molar-refractivity contribution in [3.63, 3.8) is 0 Å². The summed E-state index contributed by atoms with van der Waals surface area (Å²) in [5, 5.41) is 3.44. The topological polar surface area (TPSA) is 61.9 Å². The Balaban J connectivity index is 1.58. The van der Waals surface area contributed by atoms with E-state index in [0.29, 0.717) is 23.2 Å². The highest BCUT2D eigenvalue weighted by Gasteiger charge is 2.26. The summed E-state index contributed by atoms with van der Waals surface area (Å²) in [6.07, 6.45) is 0. The molecule has 0 radical (unpaired) electrons. The van der Waals surface area contributed by atoms with E-state index >= 15 is 0 Å². The summed E-state index contributed by atoms with van der Waals surface area (Å²) in [5.41, 5.74) is 2.89. The van der Waals surface area contributed by atoms with Gasteiger partial charge in [-0.15, -0.1) is 11.3 Å². The van der Waals surface area contributed by atoms with E-state index in [1.54, 1.807) is 6.07 Å². The highest BCUT2D eigenvalue weighted by Crippen LogP contribution is 2.28. The average molecular weight is 402 g/mol. The van der Waals surface area contributed by atoms with E-state index in [9.17, 15) is 9.59 Å². The number of esters is 1. The van der Waals surface area contributed by atoms with Crippen molar-refractivity contribution in [2.75, 3.05) is 43.5 Å². The third kappa shape index (κ3) is 4.72. The normalized spacial score (nSPS) is 17.4. The summed E-state index contributed by atoms with van der Waals surface area (Å²) in [6, 6.07) is 10.6. The number of carbonyl (C=O) groups is 2. The summed E-state index contributed by atoms with van der Waals surface area (Å²) < 4.78 is 4.80. The van der Waals surface area contributed by atoms with Crippen molar-refractivity contribution >= 4 is 33.9 Å². The lowest BCUT2D eigenvalue weighted by atomic mass is 10.1. The van der Waals surface area contributed by atoms with Gasteiger partial charge in [0.25, 0.3) is 0 Å². The summed E-state index contributed by atoms with van der Waals surface area (Å²) >= 11 is 1.39. The predicted octanol–water partition coefficient (Wildman–Crippen LogP) is 3.30. The zero-order chi connectivity index (χ0) is 20.3. The molecule has 0 bridgehead atoms. The first kappa shape index (κ1) is 20.4. The van der Waals surface area contributed by atoms with Crippen LogP contribution in [0.25, 0.3) is 0 Å². The molecular weight excluding hydrogens is 374 g/mol. The van der Waals surface area contributed by atoms with Gasteiger partial charge >= 0.3 is 5.97 Å². The Hall–Kier alpha value is -2.38. The number of thiophene rings is 1. The van der Waals surface area contributed by atoms with Crippen LogP contribution in [-0.4, -0.2) is 56.1 Å². The summed E-state index contributed by atoms with van der Waals surface area (Å²) in [6.45, 7) is 8.99. The molecule has 0 aliphatic carbocycles. The Morgan fingerprint density at radius 1 is 1.21 bits per heavy atom. The van der Waals surface area contributed by atoms with Crippen molar-refractivity contribution < 1.29 is 14.3 Å². The van der Waals surface area contributed by atoms with Gasteiger partial charge in [0.2, 0.25) is 5.91 Å². The van der Waals surface area contributed by atoms with Crippen molar-refractivity contribution in [1.82, 2.24) is 4.90 Å². The fourth-order valence-electron chi connectivity index (χ4n) is 3.53. The molecule has 28 heavy (non-hydrogen) atoms. The first-order valence-corrected chi connectivity index (χ1v) is 10.2. The van der Waals surface area contributed by atoms with E-state index in [0.717, 1.165) is 24.5 Å². The quantitative estimate of drug-likeness (QED) is 0.779. The van der Waals surface area contributed by atoms with Crippen LogP contribution in [-0.2, 0) is 9.53 Å². The fraction of sp³-hybridized carbons (Fsp3) is 0.429. The number of carbonyl (C=O) groups excluding carboxylic acids is 2. The molecule has 6 nitrogen and oxygen atoms in total. The van der Waals surface area contributed by atoms with Crippen LogP contribution in [0.5, 0.6) is 0 Å². The molecule has 1 aliphatic rings. The van der Waals surface area contributed by atoms with Gasteiger partial charge in [-0.1, -0.05) is 17.7 Å². The van der Waals surface area contributed by atoms with Gasteiger partial charge in [-0.25, -0.2) is 4.79 Å². The van der Waals surface area contributed by atoms with Crippen molar-refractivity contribution in [2.24, 2.45) is 0 Å². The van der Waals surface area contributed by atoms with Crippen LogP contribution in [0.1, 0.15) is 27.7 Å². The Morgan fingerprint density at radius 3 is 2.57 bits per heavy atom. The minimum Gasteiger partial charge on any atom is -0.465 e. The monoisotopic (exact) mass is 401 g/mol. The van der Waals surface area contributed by atoms with Crippen molar-refractivity contribution in [3.05, 3.63) is 46.3 Å². The number of rotatable bonds is 5. The van der Waals surface area contributed by atoms with E-state index in [2.05, 4.69) is 53.2 Å². The van der Waals surface area contributed by atoms with Crippen molar-refractivity contribution in [1.29, 1.82) is 0 Å². The fourth-order valence-corrected chi connectivity index (χ4v) is 4.45. The molecule has 1 aromatic heterocycles. The second-order valence-corrected chi connectivity index (χ2v) is 8.51. The third-order valence-corrected chi connectivity index (χ3v) is 5.92. The van der Waals surface area contributed by atoms with Crippen LogP contribution in [0.2, 0.25) is 0 Å². The van der Waals surface area contributed by atoms with E-state index in [1.807, 2.05) is 6.92 Å². The van der Waals surface area contributed by atoms with E-state index in [1.165, 1.54) is 29.7 Å². The van der Waals surface area contributed by atoms with Gasteiger partial charge < -0.3 is 15.0 Å². The largest absolute Gasteiger partial charge is 0.465 e. The number of anilines is 2. The van der Waals surface area contributed by atoms with Gasteiger partial charge in [-0.05, 0) is 39.0 Å². The molecule has 1 amide bonds. The molecule has 1 atom stereocenters. The van der Waals surface area contributed by atoms with Crippen molar-refractivity contribution in [2.45, 2.75) is 26.8 Å². The van der Waals surface area contributed by atoms with Crippen LogP contribution in [0.15, 0.2) is 30.3 Å². The maximum Gasteiger partial charge on any atom is 0.340 e. The van der Waals surface area contributed by atoms with Crippen LogP contribution < -0.4 is 10.2 Å². The van der Waals surface area contributed by atoms with Gasteiger partial charge in [0.1, 0.15) is 5.00 Å². The molecular formula is C21H27N3O3S. The molecule has 2 aromatic rings. The summed E-state index contributed by atoms with van der Waals surface area (Å²) in [4.78, 5) is 29.9.